The Morgan fingerprint density at radius 2 is 1.66 bits per heavy atom. The van der Waals surface area contributed by atoms with Crippen LogP contribution < -0.4 is 36.1 Å². The lowest BCUT2D eigenvalue weighted by atomic mass is 10.1. The summed E-state index contributed by atoms with van der Waals surface area (Å²) in [6.45, 7) is 2.31. The van der Waals surface area contributed by atoms with Gasteiger partial charge >= 0.3 is 5.69 Å². The number of rotatable bonds is 10. The number of benzene rings is 2. The number of hydrogen-bond acceptors (Lipinski definition) is 7. The molecule has 0 fully saturated rings. The van der Waals surface area contributed by atoms with Gasteiger partial charge in [0.2, 0.25) is 5.75 Å². The Hall–Kier alpha value is -4.21. The van der Waals surface area contributed by atoms with E-state index < -0.39 is 17.2 Å². The number of aromatic amines is 1. The summed E-state index contributed by atoms with van der Waals surface area (Å²) in [7, 11) is 4.36. The van der Waals surface area contributed by atoms with Gasteiger partial charge < -0.3 is 24.8 Å². The van der Waals surface area contributed by atoms with Crippen molar-refractivity contribution in [3.05, 3.63) is 74.4 Å². The van der Waals surface area contributed by atoms with Crippen molar-refractivity contribution in [3.63, 3.8) is 0 Å². The first-order valence-electron chi connectivity index (χ1n) is 11.1. The van der Waals surface area contributed by atoms with Gasteiger partial charge in [0.15, 0.2) is 17.2 Å². The number of methoxy groups -OCH3 is 3. The van der Waals surface area contributed by atoms with Crippen molar-refractivity contribution in [2.45, 2.75) is 26.3 Å². The molecule has 0 saturated heterocycles. The summed E-state index contributed by atoms with van der Waals surface area (Å²) in [6.07, 6.45) is 1.37. The number of nitrogens with two attached hydrogens (primary N) is 1. The molecule has 1 heterocycles. The Kier molecular flexibility index (Phi) is 8.19. The zero-order valence-electron chi connectivity index (χ0n) is 20.3. The van der Waals surface area contributed by atoms with E-state index in [1.165, 1.54) is 42.9 Å². The van der Waals surface area contributed by atoms with E-state index in [1.54, 1.807) is 0 Å². The fraction of sp³-hybridized carbons (Fsp3) is 0.320. The normalized spacial score (nSPS) is 10.6. The molecule has 186 valence electrons. The third-order valence-electron chi connectivity index (χ3n) is 5.56. The summed E-state index contributed by atoms with van der Waals surface area (Å²) in [6, 6.07) is 12.2. The minimum absolute atomic E-state index is 0.0901. The molecule has 0 aliphatic rings. The molecular weight excluding hydrogens is 452 g/mol. The third kappa shape index (κ3) is 5.32. The van der Waals surface area contributed by atoms with Crippen LogP contribution in [0.25, 0.3) is 0 Å². The molecule has 0 unspecified atom stereocenters. The van der Waals surface area contributed by atoms with Gasteiger partial charge in [-0.25, -0.2) is 4.79 Å². The molecule has 0 bridgehead atoms. The molecule has 0 spiro atoms. The molecule has 10 nitrogen and oxygen atoms in total. The fourth-order valence-corrected chi connectivity index (χ4v) is 3.75. The van der Waals surface area contributed by atoms with Crippen LogP contribution >= 0.6 is 0 Å². The van der Waals surface area contributed by atoms with Crippen LogP contribution in [0.4, 0.5) is 11.5 Å². The van der Waals surface area contributed by atoms with Crippen molar-refractivity contribution >= 4 is 17.4 Å². The lowest BCUT2D eigenvalue weighted by Gasteiger charge is -2.25. The number of ether oxygens (including phenoxy) is 3. The molecule has 0 aliphatic heterocycles. The monoisotopic (exact) mass is 482 g/mol. The van der Waals surface area contributed by atoms with Crippen molar-refractivity contribution in [1.29, 1.82) is 0 Å². The van der Waals surface area contributed by atoms with E-state index in [2.05, 4.69) is 4.98 Å². The minimum atomic E-state index is -0.742. The lowest BCUT2D eigenvalue weighted by Crippen LogP contribution is -2.41. The van der Waals surface area contributed by atoms with Crippen LogP contribution in [0.3, 0.4) is 0 Å². The average molecular weight is 483 g/mol. The van der Waals surface area contributed by atoms with E-state index in [1.807, 2.05) is 37.3 Å². The first-order valence-corrected chi connectivity index (χ1v) is 11.1. The van der Waals surface area contributed by atoms with Gasteiger partial charge in [-0.3, -0.25) is 19.1 Å². The van der Waals surface area contributed by atoms with Gasteiger partial charge in [0, 0.05) is 12.1 Å². The Labute approximate surface area is 202 Å². The van der Waals surface area contributed by atoms with Gasteiger partial charge in [-0.1, -0.05) is 43.7 Å². The number of unbranched alkanes of at least 4 members (excludes halogenated alkanes) is 1. The molecule has 3 rings (SSSR count). The maximum absolute atomic E-state index is 13.7. The van der Waals surface area contributed by atoms with Crippen LogP contribution in [-0.4, -0.2) is 43.3 Å². The Balaban J connectivity index is 2.15. The van der Waals surface area contributed by atoms with E-state index >= 15 is 0 Å². The number of nitrogens with one attached hydrogen (secondary N) is 1. The van der Waals surface area contributed by atoms with Crippen LogP contribution in [0, 0.1) is 0 Å². The van der Waals surface area contributed by atoms with Crippen molar-refractivity contribution in [3.8, 4) is 17.2 Å². The smallest absolute Gasteiger partial charge is 0.330 e. The molecule has 3 aromatic rings. The summed E-state index contributed by atoms with van der Waals surface area (Å²) < 4.78 is 17.3. The minimum Gasteiger partial charge on any atom is -0.493 e. The molecule has 2 aromatic carbocycles. The first kappa shape index (κ1) is 25.4. The zero-order valence-corrected chi connectivity index (χ0v) is 20.3. The van der Waals surface area contributed by atoms with Gasteiger partial charge in [-0.2, -0.15) is 0 Å². The van der Waals surface area contributed by atoms with E-state index in [-0.39, 0.29) is 30.2 Å². The predicted octanol–water partition coefficient (Wildman–Crippen LogP) is 2.64. The average Bonchev–Trinajstić information content (AvgIpc) is 2.87. The number of carbonyl (C=O) groups is 1. The number of nitrogens with zero attached hydrogens (tertiary/aromatic N) is 2. The number of nitrogen functional groups attached to an aromatic ring is 1. The maximum atomic E-state index is 13.7. The molecule has 0 saturated carbocycles. The van der Waals surface area contributed by atoms with Crippen molar-refractivity contribution in [1.82, 2.24) is 9.55 Å². The number of amides is 1. The second-order valence-corrected chi connectivity index (χ2v) is 7.79. The molecule has 3 N–H and O–H groups in total. The summed E-state index contributed by atoms with van der Waals surface area (Å²) in [4.78, 5) is 42.9. The quantitative estimate of drug-likeness (QED) is 0.454. The van der Waals surface area contributed by atoms with Gasteiger partial charge in [-0.05, 0) is 24.1 Å². The predicted molar refractivity (Wildman–Crippen MR) is 134 cm³/mol. The highest BCUT2D eigenvalue weighted by Crippen LogP contribution is 2.38. The van der Waals surface area contributed by atoms with E-state index in [4.69, 9.17) is 19.9 Å². The number of H-pyrrole nitrogens is 1. The van der Waals surface area contributed by atoms with Crippen molar-refractivity contribution in [2.75, 3.05) is 38.5 Å². The zero-order chi connectivity index (χ0) is 25.5. The lowest BCUT2D eigenvalue weighted by molar-refractivity contribution is 0.0985. The molecule has 10 heteroatoms. The second kappa shape index (κ2) is 11.3. The van der Waals surface area contributed by atoms with Crippen LogP contribution in [0.1, 0.15) is 35.7 Å². The van der Waals surface area contributed by atoms with Crippen LogP contribution in [0.5, 0.6) is 17.2 Å². The van der Waals surface area contributed by atoms with Gasteiger partial charge in [0.25, 0.3) is 11.5 Å². The van der Waals surface area contributed by atoms with E-state index in [0.29, 0.717) is 23.7 Å². The number of hydrogen-bond donors (Lipinski definition) is 2. The summed E-state index contributed by atoms with van der Waals surface area (Å²) in [5.41, 5.74) is 5.89. The fourth-order valence-electron chi connectivity index (χ4n) is 3.75. The van der Waals surface area contributed by atoms with Crippen LogP contribution in [-0.2, 0) is 6.54 Å². The molecule has 35 heavy (non-hydrogen) atoms. The molecule has 0 radical (unpaired) electrons. The van der Waals surface area contributed by atoms with Gasteiger partial charge in [0.1, 0.15) is 5.82 Å². The Bertz CT molecular complexity index is 1270. The highest BCUT2D eigenvalue weighted by Gasteiger charge is 2.27. The standard InChI is InChI=1S/C25H30N4O6/c1-5-6-12-28(24(31)17-13-18(33-2)21(35-4)19(14-17)34-3)20-22(26)29(25(32)27-23(20)30)15-16-10-8-7-9-11-16/h7-11,13-14H,5-6,12,15,26H2,1-4H3,(H,27,30,32). The summed E-state index contributed by atoms with van der Waals surface area (Å²) >= 11 is 0. The molecule has 1 amide bonds. The third-order valence-corrected chi connectivity index (χ3v) is 5.56. The number of aromatic nitrogens is 2. The van der Waals surface area contributed by atoms with Crippen molar-refractivity contribution < 1.29 is 19.0 Å². The van der Waals surface area contributed by atoms with Gasteiger partial charge in [-0.15, -0.1) is 0 Å². The first-order chi connectivity index (χ1) is 16.9. The molecular formula is C25H30N4O6. The van der Waals surface area contributed by atoms with E-state index in [0.717, 1.165) is 12.0 Å². The SMILES string of the molecule is CCCCN(C(=O)c1cc(OC)c(OC)c(OC)c1)c1c(N)n(Cc2ccccc2)c(=O)[nH]c1=O. The number of anilines is 2. The van der Waals surface area contributed by atoms with Crippen LogP contribution in [0.2, 0.25) is 0 Å². The summed E-state index contributed by atoms with van der Waals surface area (Å²) in [5.74, 6) is 0.322. The number of carbonyl (C=O) groups excluding carboxylic acids is 1. The second-order valence-electron chi connectivity index (χ2n) is 7.79. The largest absolute Gasteiger partial charge is 0.493 e. The summed E-state index contributed by atoms with van der Waals surface area (Å²) in [5, 5.41) is 0. The van der Waals surface area contributed by atoms with E-state index in [9.17, 15) is 14.4 Å². The topological polar surface area (TPSA) is 129 Å². The highest BCUT2D eigenvalue weighted by molar-refractivity contribution is 6.08. The molecule has 0 aliphatic carbocycles. The van der Waals surface area contributed by atoms with Crippen molar-refractivity contribution in [2.24, 2.45) is 0 Å². The Morgan fingerprint density at radius 3 is 2.20 bits per heavy atom. The maximum Gasteiger partial charge on any atom is 0.330 e. The molecule has 0 atom stereocenters. The highest BCUT2D eigenvalue weighted by atomic mass is 16.5. The molecule has 1 aromatic heterocycles. The Morgan fingerprint density at radius 1 is 1.03 bits per heavy atom. The van der Waals surface area contributed by atoms with Gasteiger partial charge in [0.05, 0.1) is 27.9 Å². The van der Waals surface area contributed by atoms with Crippen LogP contribution in [0.15, 0.2) is 52.1 Å².